The molecule has 1 aromatic heterocycles. The monoisotopic (exact) mass is 284 g/mol. The Bertz CT molecular complexity index is 387. The van der Waals surface area contributed by atoms with Crippen LogP contribution in [0.15, 0.2) is 15.9 Å². The lowest BCUT2D eigenvalue weighted by molar-refractivity contribution is 0.570. The van der Waals surface area contributed by atoms with Gasteiger partial charge in [-0.3, -0.25) is 0 Å². The molecule has 0 radical (unpaired) electrons. The molecule has 0 spiro atoms. The molecule has 0 fully saturated rings. The fourth-order valence-corrected chi connectivity index (χ4v) is 2.99. The van der Waals surface area contributed by atoms with E-state index in [1.807, 2.05) is 12.1 Å². The molecule has 74 valence electrons. The van der Waals surface area contributed by atoms with Gasteiger partial charge in [0.25, 0.3) is 10.2 Å². The maximum absolute atomic E-state index is 10.7. The van der Waals surface area contributed by atoms with Gasteiger partial charge in [-0.05, 0) is 35.0 Å². The molecule has 0 bridgehead atoms. The van der Waals surface area contributed by atoms with Crippen molar-refractivity contribution < 1.29 is 8.42 Å². The average molecular weight is 285 g/mol. The summed E-state index contributed by atoms with van der Waals surface area (Å²) in [5.41, 5.74) is 0. The maximum Gasteiger partial charge on any atom is 0.274 e. The van der Waals surface area contributed by atoms with E-state index in [9.17, 15) is 8.42 Å². The Morgan fingerprint density at radius 3 is 2.62 bits per heavy atom. The Hall–Kier alpha value is 0.0500. The number of thiophene rings is 1. The number of halogens is 1. The lowest BCUT2D eigenvalue weighted by Gasteiger charge is -2.08. The minimum Gasteiger partial charge on any atom is -0.216 e. The molecule has 1 rings (SSSR count). The molecule has 0 amide bonds. The highest BCUT2D eigenvalue weighted by Gasteiger charge is 2.12. The largest absolute Gasteiger partial charge is 0.274 e. The van der Waals surface area contributed by atoms with E-state index in [0.29, 0.717) is 0 Å². The topological polar surface area (TPSA) is 72.2 Å². The van der Waals surface area contributed by atoms with Gasteiger partial charge < -0.3 is 0 Å². The van der Waals surface area contributed by atoms with Crippen LogP contribution in [0.1, 0.15) is 17.8 Å². The van der Waals surface area contributed by atoms with Crippen LogP contribution in [0, 0.1) is 0 Å². The van der Waals surface area contributed by atoms with Gasteiger partial charge in [0, 0.05) is 4.88 Å². The average Bonchev–Trinajstić information content (AvgIpc) is 2.31. The normalized spacial score (nSPS) is 14.4. The Kier molecular flexibility index (Phi) is 3.47. The lowest BCUT2D eigenvalue weighted by Crippen LogP contribution is -2.32. The molecule has 1 heterocycles. The highest BCUT2D eigenvalue weighted by atomic mass is 79.9. The van der Waals surface area contributed by atoms with Gasteiger partial charge in [0.1, 0.15) is 0 Å². The third kappa shape index (κ3) is 3.74. The van der Waals surface area contributed by atoms with E-state index in [0.717, 1.165) is 8.66 Å². The minimum atomic E-state index is -3.62. The lowest BCUT2D eigenvalue weighted by atomic mass is 10.3. The number of hydrogen-bond acceptors (Lipinski definition) is 3. The van der Waals surface area contributed by atoms with E-state index in [2.05, 4.69) is 20.7 Å². The van der Waals surface area contributed by atoms with Crippen molar-refractivity contribution in [1.29, 1.82) is 0 Å². The van der Waals surface area contributed by atoms with Crippen LogP contribution in [0.3, 0.4) is 0 Å². The quantitative estimate of drug-likeness (QED) is 0.880. The second-order valence-electron chi connectivity index (χ2n) is 2.53. The zero-order chi connectivity index (χ0) is 10.1. The summed E-state index contributed by atoms with van der Waals surface area (Å²) in [7, 11) is -3.62. The predicted octanol–water partition coefficient (Wildman–Crippen LogP) is 1.36. The van der Waals surface area contributed by atoms with E-state index < -0.39 is 10.2 Å². The van der Waals surface area contributed by atoms with Gasteiger partial charge in [-0.25, -0.2) is 5.14 Å². The zero-order valence-electron chi connectivity index (χ0n) is 6.82. The summed E-state index contributed by atoms with van der Waals surface area (Å²) in [5, 5.41) is 4.83. The van der Waals surface area contributed by atoms with Crippen molar-refractivity contribution >= 4 is 37.5 Å². The molecule has 0 unspecified atom stereocenters. The number of nitrogens with two attached hydrogens (primary N) is 1. The molecule has 0 saturated carbocycles. The standard InChI is InChI=1S/C6H9BrN2O2S2/c1-4(9-13(8,10)11)5-2-3-6(7)12-5/h2-4,9H,1H3,(H2,8,10,11)/t4-/m1/s1. The van der Waals surface area contributed by atoms with Crippen LogP contribution in [0.2, 0.25) is 0 Å². The van der Waals surface area contributed by atoms with E-state index in [1.165, 1.54) is 11.3 Å². The molecule has 13 heavy (non-hydrogen) atoms. The highest BCUT2D eigenvalue weighted by Crippen LogP contribution is 2.27. The van der Waals surface area contributed by atoms with Crippen molar-refractivity contribution in [3.8, 4) is 0 Å². The molecule has 1 aromatic rings. The SMILES string of the molecule is C[C@@H](NS(N)(=O)=O)c1ccc(Br)s1. The number of rotatable bonds is 3. The van der Waals surface area contributed by atoms with E-state index in [1.54, 1.807) is 6.92 Å². The molecule has 3 N–H and O–H groups in total. The fourth-order valence-electron chi connectivity index (χ4n) is 0.865. The summed E-state index contributed by atoms with van der Waals surface area (Å²) in [5.74, 6) is 0. The summed E-state index contributed by atoms with van der Waals surface area (Å²) in [6, 6.07) is 3.42. The molecular weight excluding hydrogens is 276 g/mol. The third-order valence-electron chi connectivity index (χ3n) is 1.36. The van der Waals surface area contributed by atoms with Gasteiger partial charge in [0.05, 0.1) is 9.83 Å². The molecule has 7 heteroatoms. The summed E-state index contributed by atoms with van der Waals surface area (Å²) < 4.78 is 24.6. The molecule has 0 aromatic carbocycles. The first kappa shape index (κ1) is 11.1. The van der Waals surface area contributed by atoms with Crippen molar-refractivity contribution in [2.45, 2.75) is 13.0 Å². The van der Waals surface area contributed by atoms with Crippen molar-refractivity contribution in [2.24, 2.45) is 5.14 Å². The first-order chi connectivity index (χ1) is 5.88. The zero-order valence-corrected chi connectivity index (χ0v) is 10.0. The van der Waals surface area contributed by atoms with Gasteiger partial charge in [-0.1, -0.05) is 0 Å². The molecular formula is C6H9BrN2O2S2. The third-order valence-corrected chi connectivity index (χ3v) is 3.85. The van der Waals surface area contributed by atoms with Gasteiger partial charge in [-0.15, -0.1) is 11.3 Å². The van der Waals surface area contributed by atoms with Crippen LogP contribution in [0.25, 0.3) is 0 Å². The second-order valence-corrected chi connectivity index (χ2v) is 6.35. The number of hydrogen-bond donors (Lipinski definition) is 2. The highest BCUT2D eigenvalue weighted by molar-refractivity contribution is 9.11. The van der Waals surface area contributed by atoms with Crippen LogP contribution in [0.5, 0.6) is 0 Å². The van der Waals surface area contributed by atoms with Gasteiger partial charge in [0.2, 0.25) is 0 Å². The van der Waals surface area contributed by atoms with Crippen LogP contribution in [-0.4, -0.2) is 8.42 Å². The van der Waals surface area contributed by atoms with Crippen molar-refractivity contribution in [1.82, 2.24) is 4.72 Å². The molecule has 0 aliphatic carbocycles. The summed E-state index contributed by atoms with van der Waals surface area (Å²) >= 11 is 4.76. The number of nitrogens with one attached hydrogen (secondary N) is 1. The Labute approximate surface area is 89.5 Å². The summed E-state index contributed by atoms with van der Waals surface area (Å²) in [6.45, 7) is 1.74. The van der Waals surface area contributed by atoms with Crippen molar-refractivity contribution in [3.05, 3.63) is 20.8 Å². The Balaban J connectivity index is 2.75. The maximum atomic E-state index is 10.7. The van der Waals surface area contributed by atoms with Crippen LogP contribution in [0.4, 0.5) is 0 Å². The van der Waals surface area contributed by atoms with Gasteiger partial charge in [0.15, 0.2) is 0 Å². The first-order valence-electron chi connectivity index (χ1n) is 3.44. The molecule has 0 saturated heterocycles. The predicted molar refractivity (Wildman–Crippen MR) is 56.7 cm³/mol. The van der Waals surface area contributed by atoms with Crippen molar-refractivity contribution in [2.75, 3.05) is 0 Å². The summed E-state index contributed by atoms with van der Waals surface area (Å²) in [4.78, 5) is 0.918. The van der Waals surface area contributed by atoms with Gasteiger partial charge in [-0.2, -0.15) is 13.1 Å². The first-order valence-corrected chi connectivity index (χ1v) is 6.59. The van der Waals surface area contributed by atoms with E-state index in [-0.39, 0.29) is 6.04 Å². The molecule has 0 aliphatic heterocycles. The van der Waals surface area contributed by atoms with Crippen molar-refractivity contribution in [3.63, 3.8) is 0 Å². The second kappa shape index (κ2) is 4.05. The smallest absolute Gasteiger partial charge is 0.216 e. The minimum absolute atomic E-state index is 0.286. The van der Waals surface area contributed by atoms with E-state index >= 15 is 0 Å². The Morgan fingerprint density at radius 2 is 2.23 bits per heavy atom. The molecule has 0 aliphatic rings. The van der Waals surface area contributed by atoms with Gasteiger partial charge >= 0.3 is 0 Å². The summed E-state index contributed by atoms with van der Waals surface area (Å²) in [6.07, 6.45) is 0. The molecule has 4 nitrogen and oxygen atoms in total. The van der Waals surface area contributed by atoms with Crippen LogP contribution in [-0.2, 0) is 10.2 Å². The fraction of sp³-hybridized carbons (Fsp3) is 0.333. The van der Waals surface area contributed by atoms with E-state index in [4.69, 9.17) is 5.14 Å². The Morgan fingerprint density at radius 1 is 1.62 bits per heavy atom. The van der Waals surface area contributed by atoms with Crippen LogP contribution < -0.4 is 9.86 Å². The molecule has 1 atom stereocenters. The van der Waals surface area contributed by atoms with Crippen LogP contribution >= 0.6 is 27.3 Å².